The van der Waals surface area contributed by atoms with Gasteiger partial charge in [-0.05, 0) is 49.0 Å². The Morgan fingerprint density at radius 3 is 2.55 bits per heavy atom. The van der Waals surface area contributed by atoms with Gasteiger partial charge in [-0.2, -0.15) is 15.4 Å². The minimum absolute atomic E-state index is 0.0625. The number of piperidine rings is 1. The molecule has 3 heterocycles. The van der Waals surface area contributed by atoms with Gasteiger partial charge in [0.2, 0.25) is 5.91 Å². The Bertz CT molecular complexity index is 869. The predicted octanol–water partition coefficient (Wildman–Crippen LogP) is 2.31. The molecule has 0 spiro atoms. The van der Waals surface area contributed by atoms with Crippen LogP contribution in [0.2, 0.25) is 0 Å². The summed E-state index contributed by atoms with van der Waals surface area (Å²) in [6, 6.07) is 10.6. The number of amides is 2. The van der Waals surface area contributed by atoms with Gasteiger partial charge in [-0.3, -0.25) is 9.59 Å². The smallest absolute Gasteiger partial charge is 0.276 e. The lowest BCUT2D eigenvalue weighted by Crippen LogP contribution is -2.45. The van der Waals surface area contributed by atoms with Gasteiger partial charge in [-0.15, -0.1) is 0 Å². The van der Waals surface area contributed by atoms with Gasteiger partial charge in [0.05, 0.1) is 6.20 Å². The number of carbonyl (C=O) groups is 2. The molecule has 2 aromatic rings. The second-order valence-electron chi connectivity index (χ2n) is 8.78. The van der Waals surface area contributed by atoms with Crippen LogP contribution in [0.5, 0.6) is 0 Å². The maximum Gasteiger partial charge on any atom is 0.276 e. The Morgan fingerprint density at radius 1 is 0.966 bits per heavy atom. The van der Waals surface area contributed by atoms with Gasteiger partial charge in [0.15, 0.2) is 5.69 Å². The normalized spacial score (nSPS) is 29.1. The van der Waals surface area contributed by atoms with Crippen LogP contribution in [0.1, 0.15) is 47.7 Å². The van der Waals surface area contributed by atoms with E-state index in [1.165, 1.54) is 11.8 Å². The Hall–Kier alpha value is -2.70. The maximum absolute atomic E-state index is 13.2. The van der Waals surface area contributed by atoms with Crippen LogP contribution in [0.4, 0.5) is 0 Å². The second-order valence-corrected chi connectivity index (χ2v) is 8.78. The minimum atomic E-state index is -0.0625. The van der Waals surface area contributed by atoms with Crippen LogP contribution < -0.4 is 0 Å². The lowest BCUT2D eigenvalue weighted by atomic mass is 9.88. The van der Waals surface area contributed by atoms with Crippen LogP contribution in [-0.4, -0.2) is 63.2 Å². The number of benzene rings is 1. The van der Waals surface area contributed by atoms with E-state index in [1.807, 2.05) is 11.0 Å². The van der Waals surface area contributed by atoms with Crippen molar-refractivity contribution >= 4 is 11.8 Å². The van der Waals surface area contributed by atoms with Gasteiger partial charge in [0.1, 0.15) is 0 Å². The summed E-state index contributed by atoms with van der Waals surface area (Å²) in [5.74, 6) is 1.76. The number of nitrogens with one attached hydrogen (secondary N) is 1. The zero-order valence-electron chi connectivity index (χ0n) is 16.5. The monoisotopic (exact) mass is 393 g/mol. The summed E-state index contributed by atoms with van der Waals surface area (Å²) >= 11 is 0. The van der Waals surface area contributed by atoms with Crippen molar-refractivity contribution in [2.75, 3.05) is 26.2 Å². The van der Waals surface area contributed by atoms with E-state index in [0.717, 1.165) is 45.3 Å². The molecule has 2 saturated heterocycles. The second kappa shape index (κ2) is 7.61. The number of fused-ring (bicyclic) bond motifs is 1. The molecule has 3 fully saturated rings. The number of hydrogen-bond acceptors (Lipinski definition) is 4. The van der Waals surface area contributed by atoms with E-state index >= 15 is 0 Å². The molecule has 2 amide bonds. The number of rotatable bonds is 3. The Morgan fingerprint density at radius 2 is 1.76 bits per heavy atom. The van der Waals surface area contributed by atoms with Gasteiger partial charge in [-0.25, -0.2) is 0 Å². The van der Waals surface area contributed by atoms with Crippen LogP contribution >= 0.6 is 0 Å². The molecule has 0 unspecified atom stereocenters. The van der Waals surface area contributed by atoms with E-state index in [0.29, 0.717) is 35.9 Å². The number of aromatic nitrogens is 3. The van der Waals surface area contributed by atoms with Crippen molar-refractivity contribution in [2.24, 2.45) is 17.8 Å². The molecule has 1 N–H and O–H groups in total. The first-order valence-electron chi connectivity index (χ1n) is 10.7. The highest BCUT2D eigenvalue weighted by molar-refractivity contribution is 5.92. The Labute approximate surface area is 170 Å². The lowest BCUT2D eigenvalue weighted by Gasteiger charge is -2.35. The first-order chi connectivity index (χ1) is 14.2. The number of aromatic amines is 1. The fourth-order valence-electron chi connectivity index (χ4n) is 5.49. The molecule has 0 bridgehead atoms. The molecule has 29 heavy (non-hydrogen) atoms. The third-order valence-electron chi connectivity index (χ3n) is 7.09. The van der Waals surface area contributed by atoms with E-state index in [2.05, 4.69) is 44.6 Å². The third-order valence-corrected chi connectivity index (χ3v) is 7.09. The quantitative estimate of drug-likeness (QED) is 0.868. The van der Waals surface area contributed by atoms with Crippen molar-refractivity contribution < 1.29 is 9.59 Å². The molecule has 7 heteroatoms. The third kappa shape index (κ3) is 3.54. The zero-order chi connectivity index (χ0) is 19.8. The number of carbonyl (C=O) groups excluding carboxylic acids is 2. The Kier molecular flexibility index (Phi) is 4.81. The van der Waals surface area contributed by atoms with Crippen LogP contribution in [0.15, 0.2) is 36.5 Å². The van der Waals surface area contributed by atoms with Crippen molar-refractivity contribution in [2.45, 2.75) is 31.6 Å². The molecule has 4 atom stereocenters. The molecule has 1 aliphatic carbocycles. The fraction of sp³-hybridized carbons (Fsp3) is 0.545. The number of hydrogen-bond donors (Lipinski definition) is 1. The highest BCUT2D eigenvalue weighted by Crippen LogP contribution is 2.40. The summed E-state index contributed by atoms with van der Waals surface area (Å²) in [5, 5.41) is 10.2. The molecule has 152 valence electrons. The highest BCUT2D eigenvalue weighted by atomic mass is 16.2. The molecule has 0 radical (unpaired) electrons. The summed E-state index contributed by atoms with van der Waals surface area (Å²) in [6.45, 7) is 3.06. The first kappa shape index (κ1) is 18.3. The number of likely N-dealkylation sites (tertiary alicyclic amines) is 2. The average Bonchev–Trinajstić information content (AvgIpc) is 3.53. The zero-order valence-corrected chi connectivity index (χ0v) is 16.5. The highest BCUT2D eigenvalue weighted by Gasteiger charge is 2.42. The molecule has 3 aliphatic rings. The van der Waals surface area contributed by atoms with Crippen molar-refractivity contribution in [1.82, 2.24) is 25.2 Å². The molecule has 7 nitrogen and oxygen atoms in total. The average molecular weight is 393 g/mol. The summed E-state index contributed by atoms with van der Waals surface area (Å²) < 4.78 is 0. The van der Waals surface area contributed by atoms with Gasteiger partial charge >= 0.3 is 0 Å². The topological polar surface area (TPSA) is 82.2 Å². The summed E-state index contributed by atoms with van der Waals surface area (Å²) in [5.41, 5.74) is 1.73. The molecular weight excluding hydrogens is 366 g/mol. The summed E-state index contributed by atoms with van der Waals surface area (Å²) in [7, 11) is 0. The Balaban J connectivity index is 1.19. The van der Waals surface area contributed by atoms with Gasteiger partial charge in [-0.1, -0.05) is 30.3 Å². The van der Waals surface area contributed by atoms with Gasteiger partial charge in [0, 0.05) is 32.1 Å². The summed E-state index contributed by atoms with van der Waals surface area (Å²) in [6.07, 6.45) is 5.50. The van der Waals surface area contributed by atoms with E-state index < -0.39 is 0 Å². The summed E-state index contributed by atoms with van der Waals surface area (Å²) in [4.78, 5) is 29.7. The van der Waals surface area contributed by atoms with Crippen LogP contribution in [-0.2, 0) is 4.79 Å². The van der Waals surface area contributed by atoms with Crippen LogP contribution in [0.3, 0.4) is 0 Å². The molecular formula is C22H27N5O2. The molecule has 2 aliphatic heterocycles. The minimum Gasteiger partial charge on any atom is -0.342 e. The van der Waals surface area contributed by atoms with Crippen LogP contribution in [0.25, 0.3) is 0 Å². The SMILES string of the molecule is O=C(c1cn[nH]n1)N1C[C@H]2CCN(C(=O)[C@@H]3CC[C@@H](c4ccccc4)C3)C[C@H]2C1. The lowest BCUT2D eigenvalue weighted by molar-refractivity contribution is -0.137. The molecule has 1 saturated carbocycles. The van der Waals surface area contributed by atoms with Crippen molar-refractivity contribution in [3.8, 4) is 0 Å². The fourth-order valence-corrected chi connectivity index (χ4v) is 5.49. The van der Waals surface area contributed by atoms with Crippen molar-refractivity contribution in [3.63, 3.8) is 0 Å². The number of H-pyrrole nitrogens is 1. The predicted molar refractivity (Wildman–Crippen MR) is 107 cm³/mol. The van der Waals surface area contributed by atoms with Gasteiger partial charge < -0.3 is 9.80 Å². The van der Waals surface area contributed by atoms with Gasteiger partial charge in [0.25, 0.3) is 5.91 Å². The molecule has 5 rings (SSSR count). The molecule has 1 aromatic heterocycles. The van der Waals surface area contributed by atoms with Crippen molar-refractivity contribution in [3.05, 3.63) is 47.8 Å². The largest absolute Gasteiger partial charge is 0.342 e. The van der Waals surface area contributed by atoms with E-state index in [1.54, 1.807) is 0 Å². The standard InChI is InChI=1S/C22H27N5O2/c28-21(17-7-6-16(10-17)15-4-2-1-3-5-15)26-9-8-18-12-27(14-19(18)13-26)22(29)20-11-23-25-24-20/h1-5,11,16-19H,6-10,12-14H2,(H,23,24,25)/t16-,17-,18-,19+/m1/s1. The van der Waals surface area contributed by atoms with E-state index in [4.69, 9.17) is 0 Å². The van der Waals surface area contributed by atoms with E-state index in [-0.39, 0.29) is 11.8 Å². The maximum atomic E-state index is 13.2. The van der Waals surface area contributed by atoms with Crippen molar-refractivity contribution in [1.29, 1.82) is 0 Å². The molecule has 1 aromatic carbocycles. The number of nitrogens with zero attached hydrogens (tertiary/aromatic N) is 4. The van der Waals surface area contributed by atoms with E-state index in [9.17, 15) is 9.59 Å². The first-order valence-corrected chi connectivity index (χ1v) is 10.7. The van der Waals surface area contributed by atoms with Crippen LogP contribution in [0, 0.1) is 17.8 Å².